The van der Waals surface area contributed by atoms with Gasteiger partial charge in [-0.2, -0.15) is 0 Å². The van der Waals surface area contributed by atoms with Gasteiger partial charge in [-0.25, -0.2) is 0 Å². The van der Waals surface area contributed by atoms with Gasteiger partial charge in [0.25, 0.3) is 0 Å². The molecule has 3 nitrogen and oxygen atoms in total. The maximum absolute atomic E-state index is 12.4. The maximum atomic E-state index is 12.4. The monoisotopic (exact) mass is 273 g/mol. The molecule has 1 heterocycles. The van der Waals surface area contributed by atoms with E-state index in [9.17, 15) is 4.79 Å². The molecule has 0 bridgehead atoms. The Morgan fingerprint density at radius 1 is 1.35 bits per heavy atom. The molecule has 1 aliphatic carbocycles. The van der Waals surface area contributed by atoms with Crippen LogP contribution in [0.1, 0.15) is 49.3 Å². The van der Waals surface area contributed by atoms with Crippen LogP contribution in [0, 0.1) is 5.41 Å². The normalized spacial score (nSPS) is 23.8. The van der Waals surface area contributed by atoms with Crippen LogP contribution in [0.3, 0.4) is 0 Å². The summed E-state index contributed by atoms with van der Waals surface area (Å²) in [5, 5.41) is 0. The predicted molar refractivity (Wildman–Crippen MR) is 78.4 cm³/mol. The van der Waals surface area contributed by atoms with E-state index >= 15 is 0 Å². The number of carbonyl (C=O) groups is 1. The molecule has 1 aliphatic heterocycles. The Morgan fingerprint density at radius 3 is 2.85 bits per heavy atom. The van der Waals surface area contributed by atoms with E-state index in [1.54, 1.807) is 0 Å². The lowest BCUT2D eigenvalue weighted by molar-refractivity contribution is -0.125. The third kappa shape index (κ3) is 2.65. The van der Waals surface area contributed by atoms with E-state index in [1.807, 2.05) is 6.07 Å². The van der Waals surface area contributed by atoms with Gasteiger partial charge in [-0.05, 0) is 42.3 Å². The molecule has 1 aromatic carbocycles. The summed E-state index contributed by atoms with van der Waals surface area (Å²) in [5.74, 6) is 0.303. The zero-order chi connectivity index (χ0) is 14.0. The summed E-state index contributed by atoms with van der Waals surface area (Å²) >= 11 is 0. The minimum absolute atomic E-state index is 0.0534. The topological polar surface area (TPSA) is 52.3 Å². The first-order chi connectivity index (χ1) is 9.72. The molecule has 0 radical (unpaired) electrons. The van der Waals surface area contributed by atoms with Crippen molar-refractivity contribution in [3.63, 3.8) is 0 Å². The summed E-state index contributed by atoms with van der Waals surface area (Å²) in [5.41, 5.74) is 8.47. The van der Waals surface area contributed by atoms with Crippen molar-refractivity contribution in [3.8, 4) is 0 Å². The Balaban J connectivity index is 1.65. The van der Waals surface area contributed by atoms with Gasteiger partial charge in [-0.15, -0.1) is 0 Å². The van der Waals surface area contributed by atoms with Gasteiger partial charge in [0, 0.05) is 12.8 Å². The molecule has 1 unspecified atom stereocenters. The van der Waals surface area contributed by atoms with Gasteiger partial charge in [0.15, 0.2) is 0 Å². The summed E-state index contributed by atoms with van der Waals surface area (Å²) in [6.45, 7) is 1.36. The van der Waals surface area contributed by atoms with Crippen LogP contribution in [0.15, 0.2) is 24.3 Å². The number of ketones is 1. The lowest BCUT2D eigenvalue weighted by Crippen LogP contribution is -2.39. The Labute approximate surface area is 120 Å². The van der Waals surface area contributed by atoms with Crippen molar-refractivity contribution in [2.75, 3.05) is 13.2 Å². The van der Waals surface area contributed by atoms with Crippen LogP contribution in [0.25, 0.3) is 0 Å². The fourth-order valence-electron chi connectivity index (χ4n) is 3.47. The number of rotatable bonds is 5. The molecule has 3 rings (SSSR count). The number of hydrogen-bond acceptors (Lipinski definition) is 3. The van der Waals surface area contributed by atoms with Gasteiger partial charge in [-0.1, -0.05) is 30.7 Å². The van der Waals surface area contributed by atoms with Crippen LogP contribution >= 0.6 is 0 Å². The largest absolute Gasteiger partial charge is 0.373 e. The highest BCUT2D eigenvalue weighted by molar-refractivity contribution is 5.80. The lowest BCUT2D eigenvalue weighted by atomic mass is 9.65. The van der Waals surface area contributed by atoms with Crippen molar-refractivity contribution in [1.82, 2.24) is 0 Å². The molecule has 0 amide bonds. The maximum Gasteiger partial charge on any atom is 0.136 e. The van der Waals surface area contributed by atoms with E-state index in [2.05, 4.69) is 18.2 Å². The van der Waals surface area contributed by atoms with Crippen LogP contribution in [0.5, 0.6) is 0 Å². The van der Waals surface area contributed by atoms with E-state index in [0.717, 1.165) is 25.9 Å². The van der Waals surface area contributed by atoms with Crippen LogP contribution in [0.2, 0.25) is 0 Å². The average molecular weight is 273 g/mol. The Morgan fingerprint density at radius 2 is 2.15 bits per heavy atom. The highest BCUT2D eigenvalue weighted by atomic mass is 16.5. The smallest absolute Gasteiger partial charge is 0.136 e. The van der Waals surface area contributed by atoms with Gasteiger partial charge in [-0.3, -0.25) is 4.79 Å². The van der Waals surface area contributed by atoms with E-state index in [-0.39, 0.29) is 11.5 Å². The molecule has 0 saturated heterocycles. The number of carbonyl (C=O) groups excluding carboxylic acids is 1. The summed E-state index contributed by atoms with van der Waals surface area (Å²) in [6, 6.07) is 8.32. The van der Waals surface area contributed by atoms with Crippen molar-refractivity contribution in [3.05, 3.63) is 35.4 Å². The molecule has 0 aromatic heterocycles. The Hall–Kier alpha value is -1.19. The van der Waals surface area contributed by atoms with E-state index in [1.165, 1.54) is 17.5 Å². The van der Waals surface area contributed by atoms with Crippen LogP contribution in [-0.2, 0) is 16.0 Å². The molecule has 1 fully saturated rings. The number of ether oxygens (including phenoxy) is 1. The minimum Gasteiger partial charge on any atom is -0.373 e. The molecule has 3 heteroatoms. The number of hydrogen-bond donors (Lipinski definition) is 1. The molecule has 1 aromatic rings. The van der Waals surface area contributed by atoms with Crippen molar-refractivity contribution in [2.45, 2.75) is 44.6 Å². The summed E-state index contributed by atoms with van der Waals surface area (Å²) < 4.78 is 5.82. The highest BCUT2D eigenvalue weighted by Gasteiger charge is 2.38. The molecule has 108 valence electrons. The molecular formula is C17H23NO2. The molecule has 1 atom stereocenters. The molecule has 20 heavy (non-hydrogen) atoms. The Bertz CT molecular complexity index is 488. The molecule has 2 aliphatic rings. The van der Waals surface area contributed by atoms with Gasteiger partial charge in [0.1, 0.15) is 5.78 Å². The second-order valence-electron chi connectivity index (χ2n) is 6.29. The molecule has 1 saturated carbocycles. The quantitative estimate of drug-likeness (QED) is 0.897. The SMILES string of the molecule is NCC1(CC(=O)CC2OCCc3ccccc32)CCC1. The first-order valence-electron chi connectivity index (χ1n) is 7.64. The van der Waals surface area contributed by atoms with E-state index < -0.39 is 0 Å². The van der Waals surface area contributed by atoms with Crippen molar-refractivity contribution >= 4 is 5.78 Å². The first-order valence-corrected chi connectivity index (χ1v) is 7.64. The Kier molecular flexibility index (Phi) is 3.90. The zero-order valence-electron chi connectivity index (χ0n) is 11.9. The van der Waals surface area contributed by atoms with Gasteiger partial charge < -0.3 is 10.5 Å². The van der Waals surface area contributed by atoms with Crippen molar-refractivity contribution < 1.29 is 9.53 Å². The van der Waals surface area contributed by atoms with Gasteiger partial charge in [0.2, 0.25) is 0 Å². The zero-order valence-corrected chi connectivity index (χ0v) is 11.9. The van der Waals surface area contributed by atoms with Gasteiger partial charge in [0.05, 0.1) is 12.7 Å². The lowest BCUT2D eigenvalue weighted by Gasteiger charge is -2.40. The second kappa shape index (κ2) is 5.66. The predicted octanol–water partition coefficient (Wildman–Crippen LogP) is 2.78. The van der Waals surface area contributed by atoms with Crippen molar-refractivity contribution in [1.29, 1.82) is 0 Å². The van der Waals surface area contributed by atoms with Gasteiger partial charge >= 0.3 is 0 Å². The summed E-state index contributed by atoms with van der Waals surface area (Å²) in [4.78, 5) is 12.4. The first kappa shape index (κ1) is 13.8. The van der Waals surface area contributed by atoms with Crippen LogP contribution in [-0.4, -0.2) is 18.9 Å². The fraction of sp³-hybridized carbons (Fsp3) is 0.588. The summed E-state index contributed by atoms with van der Waals surface area (Å²) in [7, 11) is 0. The molecule has 2 N–H and O–H groups in total. The third-order valence-corrected chi connectivity index (χ3v) is 4.92. The summed E-state index contributed by atoms with van der Waals surface area (Å²) in [6.07, 6.45) is 5.46. The number of Topliss-reactive ketones (excluding diaryl/α,β-unsaturated/α-hetero) is 1. The minimum atomic E-state index is -0.0534. The highest BCUT2D eigenvalue weighted by Crippen LogP contribution is 2.44. The molecular weight excluding hydrogens is 250 g/mol. The average Bonchev–Trinajstić information content (AvgIpc) is 2.43. The van der Waals surface area contributed by atoms with E-state index in [0.29, 0.717) is 25.2 Å². The third-order valence-electron chi connectivity index (χ3n) is 4.92. The number of benzene rings is 1. The van der Waals surface area contributed by atoms with Crippen molar-refractivity contribution in [2.24, 2.45) is 11.1 Å². The van der Waals surface area contributed by atoms with Crippen LogP contribution < -0.4 is 5.73 Å². The molecule has 0 spiro atoms. The van der Waals surface area contributed by atoms with E-state index in [4.69, 9.17) is 10.5 Å². The second-order valence-corrected chi connectivity index (χ2v) is 6.29. The standard InChI is InChI=1S/C17H23NO2/c18-12-17(7-3-8-17)11-14(19)10-16-15-5-2-1-4-13(15)6-9-20-16/h1-2,4-5,16H,3,6-12,18H2. The van der Waals surface area contributed by atoms with Crippen LogP contribution in [0.4, 0.5) is 0 Å². The number of nitrogens with two attached hydrogens (primary N) is 1. The fourth-order valence-corrected chi connectivity index (χ4v) is 3.47. The number of fused-ring (bicyclic) bond motifs is 1.